The van der Waals surface area contributed by atoms with Crippen LogP contribution in [-0.2, 0) is 6.42 Å². The molecule has 0 saturated heterocycles. The molecule has 0 saturated carbocycles. The molecule has 0 aliphatic carbocycles. The molecule has 0 amide bonds. The van der Waals surface area contributed by atoms with Gasteiger partial charge in [0.1, 0.15) is 18.0 Å². The number of nitrogens with zero attached hydrogens (tertiary/aromatic N) is 2. The molecule has 1 aromatic heterocycles. The van der Waals surface area contributed by atoms with E-state index >= 15 is 0 Å². The van der Waals surface area contributed by atoms with E-state index in [0.29, 0.717) is 12.2 Å². The van der Waals surface area contributed by atoms with Crippen LogP contribution in [0.2, 0.25) is 0 Å². The average Bonchev–Trinajstić information content (AvgIpc) is 2.27. The Bertz CT molecular complexity index is 356. The molecule has 0 fully saturated rings. The standard InChI is InChI=1S/C11H21N5O/c1-4-9-10(13-6-14-11(9)16-12)15-7(2)5-8(3)17/h6-8,17H,4-5,12H2,1-3H3,(H2,13,14,15,16). The van der Waals surface area contributed by atoms with Crippen molar-refractivity contribution < 1.29 is 5.11 Å². The molecule has 96 valence electrons. The van der Waals surface area contributed by atoms with Crippen molar-refractivity contribution in [3.63, 3.8) is 0 Å². The SMILES string of the molecule is CCc1c(NN)ncnc1NC(C)CC(C)O. The summed E-state index contributed by atoms with van der Waals surface area (Å²) < 4.78 is 0. The van der Waals surface area contributed by atoms with Gasteiger partial charge in [0.15, 0.2) is 0 Å². The van der Waals surface area contributed by atoms with Crippen molar-refractivity contribution in [2.45, 2.75) is 45.8 Å². The van der Waals surface area contributed by atoms with Crippen LogP contribution < -0.4 is 16.6 Å². The third-order valence-corrected chi connectivity index (χ3v) is 2.51. The van der Waals surface area contributed by atoms with Crippen molar-refractivity contribution in [2.75, 3.05) is 10.7 Å². The van der Waals surface area contributed by atoms with Crippen LogP contribution in [0.15, 0.2) is 6.33 Å². The van der Waals surface area contributed by atoms with Gasteiger partial charge in [0.2, 0.25) is 0 Å². The zero-order valence-electron chi connectivity index (χ0n) is 10.6. The molecule has 0 radical (unpaired) electrons. The van der Waals surface area contributed by atoms with Gasteiger partial charge in [0, 0.05) is 11.6 Å². The van der Waals surface area contributed by atoms with Gasteiger partial charge in [0.05, 0.1) is 6.10 Å². The van der Waals surface area contributed by atoms with E-state index in [1.165, 1.54) is 6.33 Å². The van der Waals surface area contributed by atoms with Crippen LogP contribution in [0.4, 0.5) is 11.6 Å². The second-order valence-corrected chi connectivity index (χ2v) is 4.18. The maximum Gasteiger partial charge on any atom is 0.148 e. The lowest BCUT2D eigenvalue weighted by Crippen LogP contribution is -2.23. The summed E-state index contributed by atoms with van der Waals surface area (Å²) in [5.41, 5.74) is 3.51. The molecule has 6 nitrogen and oxygen atoms in total. The van der Waals surface area contributed by atoms with Gasteiger partial charge in [-0.15, -0.1) is 0 Å². The fourth-order valence-corrected chi connectivity index (χ4v) is 1.80. The van der Waals surface area contributed by atoms with Gasteiger partial charge >= 0.3 is 0 Å². The van der Waals surface area contributed by atoms with Crippen molar-refractivity contribution in [3.8, 4) is 0 Å². The Morgan fingerprint density at radius 3 is 2.53 bits per heavy atom. The van der Waals surface area contributed by atoms with E-state index in [0.717, 1.165) is 17.8 Å². The number of nitrogens with one attached hydrogen (secondary N) is 2. The third kappa shape index (κ3) is 3.83. The van der Waals surface area contributed by atoms with Gasteiger partial charge in [-0.1, -0.05) is 6.92 Å². The van der Waals surface area contributed by atoms with E-state index in [2.05, 4.69) is 20.7 Å². The molecule has 2 unspecified atom stereocenters. The predicted octanol–water partition coefficient (Wildman–Crippen LogP) is 0.896. The van der Waals surface area contributed by atoms with Gasteiger partial charge < -0.3 is 15.8 Å². The lowest BCUT2D eigenvalue weighted by atomic mass is 10.1. The van der Waals surface area contributed by atoms with Crippen LogP contribution in [0.25, 0.3) is 0 Å². The first kappa shape index (κ1) is 13.7. The minimum absolute atomic E-state index is 0.140. The maximum absolute atomic E-state index is 9.32. The summed E-state index contributed by atoms with van der Waals surface area (Å²) in [6.45, 7) is 5.79. The summed E-state index contributed by atoms with van der Waals surface area (Å²) in [4.78, 5) is 8.27. The Morgan fingerprint density at radius 1 is 1.35 bits per heavy atom. The summed E-state index contributed by atoms with van der Waals surface area (Å²) >= 11 is 0. The predicted molar refractivity (Wildman–Crippen MR) is 68.6 cm³/mol. The summed E-state index contributed by atoms with van der Waals surface area (Å²) in [6, 6.07) is 0.140. The molecular weight excluding hydrogens is 218 g/mol. The second-order valence-electron chi connectivity index (χ2n) is 4.18. The first-order valence-corrected chi connectivity index (χ1v) is 5.83. The third-order valence-electron chi connectivity index (χ3n) is 2.51. The smallest absolute Gasteiger partial charge is 0.148 e. The average molecular weight is 239 g/mol. The Balaban J connectivity index is 2.83. The largest absolute Gasteiger partial charge is 0.393 e. The Morgan fingerprint density at radius 2 is 2.00 bits per heavy atom. The first-order valence-electron chi connectivity index (χ1n) is 5.83. The van der Waals surface area contributed by atoms with E-state index in [4.69, 9.17) is 5.84 Å². The van der Waals surface area contributed by atoms with Crippen molar-refractivity contribution in [3.05, 3.63) is 11.9 Å². The van der Waals surface area contributed by atoms with E-state index in [-0.39, 0.29) is 12.1 Å². The van der Waals surface area contributed by atoms with E-state index in [1.807, 2.05) is 13.8 Å². The molecule has 2 atom stereocenters. The molecule has 1 aromatic rings. The zero-order valence-corrected chi connectivity index (χ0v) is 10.6. The fourth-order valence-electron chi connectivity index (χ4n) is 1.80. The van der Waals surface area contributed by atoms with E-state index in [1.54, 1.807) is 6.92 Å². The van der Waals surface area contributed by atoms with Crippen molar-refractivity contribution in [1.82, 2.24) is 9.97 Å². The summed E-state index contributed by atoms with van der Waals surface area (Å²) in [6.07, 6.45) is 2.57. The normalized spacial score (nSPS) is 14.2. The molecule has 0 aromatic carbocycles. The second kappa shape index (κ2) is 6.36. The van der Waals surface area contributed by atoms with Crippen molar-refractivity contribution >= 4 is 11.6 Å². The quantitative estimate of drug-likeness (QED) is 0.435. The number of aromatic nitrogens is 2. The molecule has 17 heavy (non-hydrogen) atoms. The molecule has 0 aliphatic heterocycles. The highest BCUT2D eigenvalue weighted by atomic mass is 16.3. The van der Waals surface area contributed by atoms with Crippen molar-refractivity contribution in [2.24, 2.45) is 5.84 Å². The number of hydrazine groups is 1. The molecular formula is C11H21N5O. The number of hydrogen-bond acceptors (Lipinski definition) is 6. The lowest BCUT2D eigenvalue weighted by Gasteiger charge is -2.18. The minimum atomic E-state index is -0.337. The zero-order chi connectivity index (χ0) is 12.8. The van der Waals surface area contributed by atoms with Crippen LogP contribution in [0.1, 0.15) is 32.8 Å². The van der Waals surface area contributed by atoms with Gasteiger partial charge in [-0.05, 0) is 26.7 Å². The highest BCUT2D eigenvalue weighted by molar-refractivity contribution is 5.57. The van der Waals surface area contributed by atoms with Gasteiger partial charge in [-0.3, -0.25) is 0 Å². The van der Waals surface area contributed by atoms with Crippen LogP contribution in [0.3, 0.4) is 0 Å². The van der Waals surface area contributed by atoms with Crippen LogP contribution in [0.5, 0.6) is 0 Å². The number of rotatable bonds is 6. The highest BCUT2D eigenvalue weighted by Gasteiger charge is 2.12. The monoisotopic (exact) mass is 239 g/mol. The molecule has 1 rings (SSSR count). The van der Waals surface area contributed by atoms with Crippen LogP contribution in [-0.4, -0.2) is 27.2 Å². The molecule has 5 N–H and O–H groups in total. The van der Waals surface area contributed by atoms with Gasteiger partial charge in [-0.2, -0.15) is 0 Å². The maximum atomic E-state index is 9.32. The number of hydrogen-bond donors (Lipinski definition) is 4. The molecule has 0 aliphatic rings. The summed E-state index contributed by atoms with van der Waals surface area (Å²) in [7, 11) is 0. The van der Waals surface area contributed by atoms with Gasteiger partial charge in [0.25, 0.3) is 0 Å². The van der Waals surface area contributed by atoms with Crippen LogP contribution in [0, 0.1) is 0 Å². The molecule has 1 heterocycles. The number of aliphatic hydroxyl groups excluding tert-OH is 1. The molecule has 0 spiro atoms. The lowest BCUT2D eigenvalue weighted by molar-refractivity contribution is 0.179. The Hall–Kier alpha value is -1.40. The number of anilines is 2. The molecule has 6 heteroatoms. The number of nitrogen functional groups attached to an aromatic ring is 1. The van der Waals surface area contributed by atoms with E-state index < -0.39 is 0 Å². The fraction of sp³-hybridized carbons (Fsp3) is 0.636. The Labute approximate surface area is 102 Å². The minimum Gasteiger partial charge on any atom is -0.393 e. The van der Waals surface area contributed by atoms with E-state index in [9.17, 15) is 5.11 Å². The number of nitrogens with two attached hydrogens (primary N) is 1. The highest BCUT2D eigenvalue weighted by Crippen LogP contribution is 2.20. The Kier molecular flexibility index (Phi) is 5.11. The summed E-state index contributed by atoms with van der Waals surface area (Å²) in [5.74, 6) is 6.80. The molecule has 0 bridgehead atoms. The topological polar surface area (TPSA) is 96.1 Å². The van der Waals surface area contributed by atoms with Crippen LogP contribution >= 0.6 is 0 Å². The van der Waals surface area contributed by atoms with Crippen molar-refractivity contribution in [1.29, 1.82) is 0 Å². The number of aliphatic hydroxyl groups is 1. The summed E-state index contributed by atoms with van der Waals surface area (Å²) in [5, 5.41) is 12.6. The first-order chi connectivity index (χ1) is 8.08. The van der Waals surface area contributed by atoms with Gasteiger partial charge in [-0.25, -0.2) is 15.8 Å².